The van der Waals surface area contributed by atoms with Gasteiger partial charge >= 0.3 is 5.97 Å². The maximum Gasteiger partial charge on any atom is 0.335 e. The molecule has 0 radical (unpaired) electrons. The normalized spacial score (nSPS) is 10.4. The summed E-state index contributed by atoms with van der Waals surface area (Å²) in [5.74, 6) is 1.64. The molecule has 0 spiro atoms. The molecular weight excluding hydrogens is 704 g/mol. The molecule has 0 bridgehead atoms. The van der Waals surface area contributed by atoms with Crippen LogP contribution in [0.5, 0.6) is 11.5 Å². The summed E-state index contributed by atoms with van der Waals surface area (Å²) in [6.45, 7) is 9.27. The average molecular weight is 751 g/mol. The van der Waals surface area contributed by atoms with Crippen LogP contribution >= 0.6 is 0 Å². The van der Waals surface area contributed by atoms with Crippen molar-refractivity contribution in [3.05, 3.63) is 153 Å². The highest BCUT2D eigenvalue weighted by atomic mass is 16.5. The summed E-state index contributed by atoms with van der Waals surface area (Å²) in [4.78, 5) is 23.1. The van der Waals surface area contributed by atoms with Crippen molar-refractivity contribution in [2.75, 3.05) is 25.3 Å². The number of rotatable bonds is 13. The zero-order chi connectivity index (χ0) is 39.7. The fraction of sp³-hybridized carbons (Fsp3) is 0.238. The smallest absolute Gasteiger partial charge is 0.335 e. The molecule has 55 heavy (non-hydrogen) atoms. The van der Waals surface area contributed by atoms with Crippen molar-refractivity contribution in [2.45, 2.75) is 54.1 Å². The molecule has 0 aliphatic heterocycles. The van der Waals surface area contributed by atoms with Crippen LogP contribution in [0.3, 0.4) is 0 Å². The second-order valence-electron chi connectivity index (χ2n) is 12.3. The van der Waals surface area contributed by atoms with Crippen molar-refractivity contribution < 1.29 is 42.7 Å². The highest BCUT2D eigenvalue weighted by Gasteiger charge is 2.12. The number of aromatic nitrogens is 2. The van der Waals surface area contributed by atoms with Gasteiger partial charge in [-0.05, 0) is 112 Å². The zero-order valence-electron chi connectivity index (χ0n) is 31.8. The van der Waals surface area contributed by atoms with Crippen molar-refractivity contribution in [1.82, 2.24) is 10.3 Å². The van der Waals surface area contributed by atoms with Crippen molar-refractivity contribution in [1.29, 1.82) is 0 Å². The number of carboxylic acid groups (broad SMARTS) is 1. The van der Waals surface area contributed by atoms with E-state index < -0.39 is 5.97 Å². The molecule has 288 valence electrons. The third-order valence-electron chi connectivity index (χ3n) is 8.10. The number of hydrogen-bond acceptors (Lipinski definition) is 11. The van der Waals surface area contributed by atoms with Gasteiger partial charge in [-0.3, -0.25) is 4.79 Å². The van der Waals surface area contributed by atoms with E-state index in [2.05, 4.69) is 15.6 Å². The van der Waals surface area contributed by atoms with Gasteiger partial charge in [0.05, 0.1) is 41.3 Å². The minimum atomic E-state index is -0.952. The first kappa shape index (κ1) is 41.3. The van der Waals surface area contributed by atoms with Crippen LogP contribution in [0.1, 0.15) is 65.9 Å². The summed E-state index contributed by atoms with van der Waals surface area (Å²) < 4.78 is 31.5. The van der Waals surface area contributed by atoms with Crippen molar-refractivity contribution in [3.8, 4) is 11.5 Å². The minimum absolute atomic E-state index is 0.179. The second-order valence-corrected chi connectivity index (χ2v) is 12.3. The van der Waals surface area contributed by atoms with Crippen LogP contribution in [0.4, 0.5) is 11.4 Å². The molecule has 0 aliphatic carbocycles. The molecule has 1 amide bonds. The maximum atomic E-state index is 12.4. The standard InChI is InChI=1S/C21H22N2O4.C13H13NO4.C8H11NO/c1-14-20(15(2)27-23-14)13-26-19-9-7-17(8-10-19)21(24)22-18-6-4-5-16(11-18)12-25-3;1-8-12(9(2)18-14-8)7-17-11-5-3-10(4-6-11)13(15)16;1-10-6-7-3-2-4-8(9)5-7/h4-11H,12-13H2,1-3H3,(H,22,24);3-6H,7H2,1-2H3,(H,15,16);2-5H,6,9H2,1H3. The van der Waals surface area contributed by atoms with E-state index in [1.807, 2.05) is 76.2 Å². The maximum absolute atomic E-state index is 12.4. The molecule has 2 aromatic heterocycles. The molecule has 6 aromatic rings. The van der Waals surface area contributed by atoms with Crippen LogP contribution in [0.15, 0.2) is 106 Å². The molecule has 0 saturated carbocycles. The number of hydrogen-bond donors (Lipinski definition) is 3. The highest BCUT2D eigenvalue weighted by molar-refractivity contribution is 6.04. The molecule has 0 saturated heterocycles. The number of carbonyl (C=O) groups is 2. The van der Waals surface area contributed by atoms with Gasteiger partial charge < -0.3 is 44.2 Å². The summed E-state index contributed by atoms with van der Waals surface area (Å²) in [6.07, 6.45) is 0. The summed E-state index contributed by atoms with van der Waals surface area (Å²) >= 11 is 0. The van der Waals surface area contributed by atoms with Crippen LogP contribution in [-0.2, 0) is 35.9 Å². The third kappa shape index (κ3) is 12.9. The van der Waals surface area contributed by atoms with Gasteiger partial charge in [0, 0.05) is 31.2 Å². The average Bonchev–Trinajstić information content (AvgIpc) is 3.68. The summed E-state index contributed by atoms with van der Waals surface area (Å²) in [7, 11) is 3.31. The van der Waals surface area contributed by atoms with Crippen molar-refractivity contribution >= 4 is 23.3 Å². The highest BCUT2D eigenvalue weighted by Crippen LogP contribution is 2.20. The Bertz CT molecular complexity index is 2090. The molecule has 0 fully saturated rings. The molecule has 0 aliphatic rings. The fourth-order valence-electron chi connectivity index (χ4n) is 5.08. The summed E-state index contributed by atoms with van der Waals surface area (Å²) in [5.41, 5.74) is 13.4. The Labute approximate surface area is 319 Å². The Morgan fingerprint density at radius 3 is 1.56 bits per heavy atom. The van der Waals surface area contributed by atoms with E-state index in [4.69, 9.17) is 38.8 Å². The Hall–Kier alpha value is -6.44. The number of nitrogen functional groups attached to an aromatic ring is 1. The number of aromatic carboxylic acids is 1. The number of ether oxygens (including phenoxy) is 4. The monoisotopic (exact) mass is 750 g/mol. The molecule has 6 rings (SSSR count). The number of nitrogens with two attached hydrogens (primary N) is 1. The fourth-order valence-corrected chi connectivity index (χ4v) is 5.08. The van der Waals surface area contributed by atoms with Gasteiger partial charge in [-0.15, -0.1) is 0 Å². The third-order valence-corrected chi connectivity index (χ3v) is 8.10. The molecule has 2 heterocycles. The number of nitrogens with one attached hydrogen (secondary N) is 1. The lowest BCUT2D eigenvalue weighted by molar-refractivity contribution is 0.0696. The van der Waals surface area contributed by atoms with Crippen LogP contribution in [-0.4, -0.2) is 41.5 Å². The number of benzene rings is 4. The van der Waals surface area contributed by atoms with Crippen molar-refractivity contribution in [2.24, 2.45) is 0 Å². The topological polar surface area (TPSA) is 181 Å². The van der Waals surface area contributed by atoms with E-state index in [-0.39, 0.29) is 11.5 Å². The number of carbonyl (C=O) groups excluding carboxylic acids is 1. The Morgan fingerprint density at radius 1 is 0.655 bits per heavy atom. The van der Waals surface area contributed by atoms with Gasteiger partial charge in [0.15, 0.2) is 0 Å². The van der Waals surface area contributed by atoms with Crippen LogP contribution in [0, 0.1) is 27.7 Å². The number of nitrogens with zero attached hydrogens (tertiary/aromatic N) is 2. The summed E-state index contributed by atoms with van der Waals surface area (Å²) in [5, 5.41) is 19.4. The molecule has 13 nitrogen and oxygen atoms in total. The van der Waals surface area contributed by atoms with Gasteiger partial charge in [0.2, 0.25) is 0 Å². The van der Waals surface area contributed by atoms with E-state index in [9.17, 15) is 9.59 Å². The molecule has 4 aromatic carbocycles. The van der Waals surface area contributed by atoms with Crippen LogP contribution in [0.2, 0.25) is 0 Å². The Morgan fingerprint density at radius 2 is 1.13 bits per heavy atom. The Kier molecular flexibility index (Phi) is 15.6. The minimum Gasteiger partial charge on any atom is -0.489 e. The molecule has 4 N–H and O–H groups in total. The van der Waals surface area contributed by atoms with Crippen LogP contribution in [0.25, 0.3) is 0 Å². The van der Waals surface area contributed by atoms with E-state index in [0.717, 1.165) is 56.5 Å². The molecule has 13 heteroatoms. The molecule has 0 unspecified atom stereocenters. The van der Waals surface area contributed by atoms with Gasteiger partial charge in [0.1, 0.15) is 36.2 Å². The lowest BCUT2D eigenvalue weighted by atomic mass is 10.1. The number of carboxylic acids is 1. The largest absolute Gasteiger partial charge is 0.489 e. The first-order valence-electron chi connectivity index (χ1n) is 17.2. The van der Waals surface area contributed by atoms with Gasteiger partial charge in [0.25, 0.3) is 5.91 Å². The Balaban J connectivity index is 0.000000205. The second kappa shape index (κ2) is 20.7. The number of methoxy groups -OCH3 is 2. The quantitative estimate of drug-likeness (QED) is 0.0963. The van der Waals surface area contributed by atoms with E-state index >= 15 is 0 Å². The zero-order valence-corrected chi connectivity index (χ0v) is 31.8. The lowest BCUT2D eigenvalue weighted by Crippen LogP contribution is -2.12. The van der Waals surface area contributed by atoms with E-state index in [0.29, 0.717) is 43.5 Å². The molecule has 0 atom stereocenters. The SMILES string of the molecule is COCc1cccc(N)c1.COCc1cccc(NC(=O)c2ccc(OCc3c(C)noc3C)cc2)c1.Cc1noc(C)c1COc1ccc(C(=O)O)cc1. The first-order valence-corrected chi connectivity index (χ1v) is 17.2. The van der Waals surface area contributed by atoms with E-state index in [1.165, 1.54) is 12.1 Å². The predicted octanol–water partition coefficient (Wildman–Crippen LogP) is 8.25. The van der Waals surface area contributed by atoms with E-state index in [1.54, 1.807) is 50.6 Å². The number of amides is 1. The van der Waals surface area contributed by atoms with Crippen LogP contribution < -0.4 is 20.5 Å². The van der Waals surface area contributed by atoms with Gasteiger partial charge in [-0.2, -0.15) is 0 Å². The number of aryl methyl sites for hydroxylation is 4. The predicted molar refractivity (Wildman–Crippen MR) is 207 cm³/mol. The van der Waals surface area contributed by atoms with Gasteiger partial charge in [-0.1, -0.05) is 34.6 Å². The van der Waals surface area contributed by atoms with Crippen molar-refractivity contribution in [3.63, 3.8) is 0 Å². The first-order chi connectivity index (χ1) is 26.5. The van der Waals surface area contributed by atoms with Gasteiger partial charge in [-0.25, -0.2) is 4.79 Å². The lowest BCUT2D eigenvalue weighted by Gasteiger charge is -2.09. The molecular formula is C42H46N4O9. The number of anilines is 2. The summed E-state index contributed by atoms with van der Waals surface area (Å²) in [6, 6.07) is 28.5.